The number of halogens is 1. The third-order valence-electron chi connectivity index (χ3n) is 4.29. The fraction of sp³-hybridized carbons (Fsp3) is 0.238. The van der Waals surface area contributed by atoms with Crippen molar-refractivity contribution in [3.05, 3.63) is 71.4 Å². The molecule has 0 amide bonds. The van der Waals surface area contributed by atoms with E-state index in [1.165, 1.54) is 12.1 Å². The number of nitrogens with two attached hydrogens (primary N) is 1. The van der Waals surface area contributed by atoms with Gasteiger partial charge in [0.15, 0.2) is 0 Å². The first kappa shape index (κ1) is 19.6. The van der Waals surface area contributed by atoms with Crippen LogP contribution in [0.1, 0.15) is 17.0 Å². The molecule has 0 aliphatic carbocycles. The van der Waals surface area contributed by atoms with E-state index in [0.717, 1.165) is 11.3 Å². The van der Waals surface area contributed by atoms with E-state index in [9.17, 15) is 9.18 Å². The molecule has 0 aliphatic rings. The first-order valence-electron chi connectivity index (χ1n) is 8.85. The van der Waals surface area contributed by atoms with E-state index in [1.807, 2.05) is 6.92 Å². The molecule has 0 aliphatic heterocycles. The van der Waals surface area contributed by atoms with Gasteiger partial charge in [0.05, 0.1) is 12.3 Å². The third-order valence-corrected chi connectivity index (χ3v) is 4.29. The van der Waals surface area contributed by atoms with E-state index >= 15 is 0 Å². The summed E-state index contributed by atoms with van der Waals surface area (Å²) in [5.74, 6) is 0.486. The summed E-state index contributed by atoms with van der Waals surface area (Å²) in [5, 5.41) is 8.85. The Morgan fingerprint density at radius 2 is 1.89 bits per heavy atom. The summed E-state index contributed by atoms with van der Waals surface area (Å²) in [6, 6.07) is 12.2. The monoisotopic (exact) mass is 384 g/mol. The van der Waals surface area contributed by atoms with E-state index in [-0.39, 0.29) is 12.2 Å². The number of aromatic nitrogens is 1. The Morgan fingerprint density at radius 3 is 2.54 bits per heavy atom. The number of rotatable bonds is 8. The van der Waals surface area contributed by atoms with Crippen LogP contribution in [0, 0.1) is 12.7 Å². The van der Waals surface area contributed by atoms with Crippen LogP contribution in [-0.4, -0.2) is 28.7 Å². The van der Waals surface area contributed by atoms with Gasteiger partial charge in [0.25, 0.3) is 0 Å². The van der Waals surface area contributed by atoms with Gasteiger partial charge >= 0.3 is 5.97 Å². The van der Waals surface area contributed by atoms with Gasteiger partial charge in [-0.15, -0.1) is 0 Å². The Balaban J connectivity index is 1.55. The van der Waals surface area contributed by atoms with Gasteiger partial charge in [-0.1, -0.05) is 12.1 Å². The Bertz CT molecular complexity index is 936. The van der Waals surface area contributed by atoms with Gasteiger partial charge in [0, 0.05) is 12.0 Å². The molecule has 0 spiro atoms. The molecule has 28 heavy (non-hydrogen) atoms. The van der Waals surface area contributed by atoms with Crippen LogP contribution in [0.5, 0.6) is 5.75 Å². The number of aliphatic carboxylic acids is 1. The van der Waals surface area contributed by atoms with Crippen LogP contribution in [0.2, 0.25) is 0 Å². The van der Waals surface area contributed by atoms with Crippen LogP contribution >= 0.6 is 0 Å². The van der Waals surface area contributed by atoms with Gasteiger partial charge in [-0.3, -0.25) is 4.79 Å². The van der Waals surface area contributed by atoms with Crippen LogP contribution in [0.15, 0.2) is 52.9 Å². The van der Waals surface area contributed by atoms with Gasteiger partial charge in [-0.05, 0) is 55.3 Å². The highest BCUT2D eigenvalue weighted by molar-refractivity contribution is 5.73. The minimum absolute atomic E-state index is 0.264. The highest BCUT2D eigenvalue weighted by Gasteiger charge is 2.13. The van der Waals surface area contributed by atoms with Gasteiger partial charge < -0.3 is 20.0 Å². The van der Waals surface area contributed by atoms with Crippen molar-refractivity contribution in [3.8, 4) is 17.2 Å². The zero-order valence-electron chi connectivity index (χ0n) is 15.4. The van der Waals surface area contributed by atoms with E-state index in [4.69, 9.17) is 20.0 Å². The molecule has 0 radical (unpaired) electrons. The van der Waals surface area contributed by atoms with Crippen LogP contribution < -0.4 is 10.5 Å². The summed E-state index contributed by atoms with van der Waals surface area (Å²) in [7, 11) is 0. The Labute approximate surface area is 161 Å². The van der Waals surface area contributed by atoms with Crippen molar-refractivity contribution < 1.29 is 23.4 Å². The van der Waals surface area contributed by atoms with Gasteiger partial charge in [0.2, 0.25) is 5.89 Å². The van der Waals surface area contributed by atoms with Crippen LogP contribution in [-0.2, 0) is 17.6 Å². The number of oxazole rings is 1. The number of carboxylic acids is 1. The highest BCUT2D eigenvalue weighted by Crippen LogP contribution is 2.22. The average molecular weight is 384 g/mol. The molecule has 3 N–H and O–H groups in total. The average Bonchev–Trinajstić information content (AvgIpc) is 3.04. The van der Waals surface area contributed by atoms with Crippen molar-refractivity contribution in [3.63, 3.8) is 0 Å². The molecule has 0 saturated carbocycles. The van der Waals surface area contributed by atoms with Gasteiger partial charge in [0.1, 0.15) is 23.4 Å². The zero-order chi connectivity index (χ0) is 20.1. The number of carboxylic acid groups (broad SMARTS) is 1. The van der Waals surface area contributed by atoms with E-state index in [0.29, 0.717) is 36.0 Å². The van der Waals surface area contributed by atoms with Crippen molar-refractivity contribution in [1.29, 1.82) is 0 Å². The number of hydrogen-bond donors (Lipinski definition) is 2. The predicted molar refractivity (Wildman–Crippen MR) is 102 cm³/mol. The summed E-state index contributed by atoms with van der Waals surface area (Å²) < 4.78 is 24.4. The molecule has 3 rings (SSSR count). The molecule has 0 unspecified atom stereocenters. The Morgan fingerprint density at radius 1 is 1.21 bits per heavy atom. The maximum Gasteiger partial charge on any atom is 0.320 e. The summed E-state index contributed by atoms with van der Waals surface area (Å²) >= 11 is 0. The van der Waals surface area contributed by atoms with Crippen molar-refractivity contribution in [2.24, 2.45) is 5.73 Å². The second kappa shape index (κ2) is 8.67. The van der Waals surface area contributed by atoms with E-state index in [1.54, 1.807) is 36.4 Å². The van der Waals surface area contributed by atoms with E-state index in [2.05, 4.69) is 4.98 Å². The lowest BCUT2D eigenvalue weighted by molar-refractivity contribution is -0.138. The molecule has 0 fully saturated rings. The smallest absolute Gasteiger partial charge is 0.320 e. The maximum absolute atomic E-state index is 13.0. The second-order valence-corrected chi connectivity index (χ2v) is 6.42. The lowest BCUT2D eigenvalue weighted by Gasteiger charge is -2.08. The first-order chi connectivity index (χ1) is 13.4. The SMILES string of the molecule is Cc1oc(-c2ccc(F)cc2)nc1CCOc1ccc(C[C@H](N)C(=O)O)cc1. The van der Waals surface area contributed by atoms with Gasteiger partial charge in [-0.2, -0.15) is 0 Å². The number of benzene rings is 2. The molecular formula is C21H21FN2O4. The van der Waals surface area contributed by atoms with E-state index < -0.39 is 12.0 Å². The van der Waals surface area contributed by atoms with Crippen LogP contribution in [0.3, 0.4) is 0 Å². The fourth-order valence-corrected chi connectivity index (χ4v) is 2.70. The lowest BCUT2D eigenvalue weighted by atomic mass is 10.1. The summed E-state index contributed by atoms with van der Waals surface area (Å²) in [6.07, 6.45) is 0.822. The third kappa shape index (κ3) is 4.95. The number of carbonyl (C=O) groups is 1. The largest absolute Gasteiger partial charge is 0.493 e. The topological polar surface area (TPSA) is 98.6 Å². The normalized spacial score (nSPS) is 12.0. The molecule has 7 heteroatoms. The Kier molecular flexibility index (Phi) is 6.06. The molecule has 0 saturated heterocycles. The second-order valence-electron chi connectivity index (χ2n) is 6.42. The molecule has 146 valence electrons. The summed E-state index contributed by atoms with van der Waals surface area (Å²) in [6.45, 7) is 2.24. The minimum atomic E-state index is -1.02. The summed E-state index contributed by atoms with van der Waals surface area (Å²) in [5.41, 5.74) is 7.86. The van der Waals surface area contributed by atoms with Crippen molar-refractivity contribution in [2.75, 3.05) is 6.61 Å². The standard InChI is InChI=1S/C21H21FN2O4/c1-13-19(24-20(28-13)15-4-6-16(22)7-5-15)10-11-27-17-8-2-14(3-9-17)12-18(23)21(25)26/h2-9,18H,10-12,23H2,1H3,(H,25,26)/t18-/m0/s1. The molecule has 1 heterocycles. The number of aryl methyl sites for hydroxylation is 1. The van der Waals surface area contributed by atoms with Crippen molar-refractivity contribution >= 4 is 5.97 Å². The number of hydrogen-bond acceptors (Lipinski definition) is 5. The molecular weight excluding hydrogens is 363 g/mol. The zero-order valence-corrected chi connectivity index (χ0v) is 15.4. The number of ether oxygens (including phenoxy) is 1. The van der Waals surface area contributed by atoms with Crippen molar-refractivity contribution in [2.45, 2.75) is 25.8 Å². The quantitative estimate of drug-likeness (QED) is 0.618. The van der Waals surface area contributed by atoms with Gasteiger partial charge in [-0.25, -0.2) is 9.37 Å². The summed E-state index contributed by atoms with van der Waals surface area (Å²) in [4.78, 5) is 15.3. The molecule has 0 bridgehead atoms. The molecule has 2 aromatic carbocycles. The first-order valence-corrected chi connectivity index (χ1v) is 8.85. The minimum Gasteiger partial charge on any atom is -0.493 e. The number of nitrogens with zero attached hydrogens (tertiary/aromatic N) is 1. The molecule has 1 aromatic heterocycles. The molecule has 1 atom stereocenters. The lowest BCUT2D eigenvalue weighted by Crippen LogP contribution is -2.32. The predicted octanol–water partition coefficient (Wildman–Crippen LogP) is 3.37. The fourth-order valence-electron chi connectivity index (χ4n) is 2.70. The van der Waals surface area contributed by atoms with Crippen molar-refractivity contribution in [1.82, 2.24) is 4.98 Å². The molecule has 3 aromatic rings. The molecule has 6 nitrogen and oxygen atoms in total. The van der Waals surface area contributed by atoms with Crippen LogP contribution in [0.25, 0.3) is 11.5 Å². The maximum atomic E-state index is 13.0. The Hall–Kier alpha value is -3.19. The highest BCUT2D eigenvalue weighted by atomic mass is 19.1. The van der Waals surface area contributed by atoms with Crippen LogP contribution in [0.4, 0.5) is 4.39 Å².